The van der Waals surface area contributed by atoms with Gasteiger partial charge in [-0.25, -0.2) is 4.90 Å². The van der Waals surface area contributed by atoms with E-state index in [-0.39, 0.29) is 18.2 Å². The molecule has 23 heavy (non-hydrogen) atoms. The Morgan fingerprint density at radius 1 is 1.13 bits per heavy atom. The zero-order chi connectivity index (χ0) is 16.6. The number of thioether (sulfide) groups is 1. The molecule has 1 heterocycles. The van der Waals surface area contributed by atoms with E-state index in [0.717, 1.165) is 16.0 Å². The smallest absolute Gasteiger partial charge is 0.247 e. The van der Waals surface area contributed by atoms with E-state index in [1.807, 2.05) is 50.2 Å². The second-order valence-corrected chi connectivity index (χ2v) is 7.02. The number of nitrogens with zero attached hydrogens (tertiary/aromatic N) is 1. The quantitative estimate of drug-likeness (QED) is 0.694. The molecular formula is C18H18N2O2S. The Labute approximate surface area is 139 Å². The number of amides is 2. The van der Waals surface area contributed by atoms with Crippen molar-refractivity contribution < 1.29 is 9.59 Å². The lowest BCUT2D eigenvalue weighted by atomic mass is 10.1. The molecular weight excluding hydrogens is 308 g/mol. The summed E-state index contributed by atoms with van der Waals surface area (Å²) in [5.41, 5.74) is 9.06. The molecule has 1 aliphatic heterocycles. The summed E-state index contributed by atoms with van der Waals surface area (Å²) in [6.45, 7) is 3.86. The molecule has 1 atom stereocenters. The van der Waals surface area contributed by atoms with Gasteiger partial charge in [0.05, 0.1) is 10.9 Å². The first-order chi connectivity index (χ1) is 11.0. The van der Waals surface area contributed by atoms with Crippen molar-refractivity contribution in [3.63, 3.8) is 0 Å². The zero-order valence-corrected chi connectivity index (χ0v) is 13.9. The van der Waals surface area contributed by atoms with E-state index in [0.29, 0.717) is 11.4 Å². The van der Waals surface area contributed by atoms with Gasteiger partial charge in [0.1, 0.15) is 0 Å². The van der Waals surface area contributed by atoms with Crippen LogP contribution in [0.15, 0.2) is 47.4 Å². The maximum absolute atomic E-state index is 12.7. The van der Waals surface area contributed by atoms with Crippen LogP contribution in [0.2, 0.25) is 0 Å². The number of anilines is 2. The Balaban J connectivity index is 1.87. The Kier molecular flexibility index (Phi) is 4.13. The molecule has 0 spiro atoms. The van der Waals surface area contributed by atoms with Gasteiger partial charge in [0.15, 0.2) is 0 Å². The fraction of sp³-hybridized carbons (Fsp3) is 0.222. The second-order valence-electron chi connectivity index (χ2n) is 5.74. The van der Waals surface area contributed by atoms with Crippen LogP contribution in [-0.2, 0) is 9.59 Å². The first kappa shape index (κ1) is 15.6. The summed E-state index contributed by atoms with van der Waals surface area (Å²) in [7, 11) is 0. The molecule has 1 aliphatic rings. The maximum Gasteiger partial charge on any atom is 0.247 e. The predicted molar refractivity (Wildman–Crippen MR) is 93.5 cm³/mol. The van der Waals surface area contributed by atoms with Crippen LogP contribution < -0.4 is 10.6 Å². The average Bonchev–Trinajstić information content (AvgIpc) is 2.76. The Morgan fingerprint density at radius 2 is 1.91 bits per heavy atom. The van der Waals surface area contributed by atoms with Gasteiger partial charge in [0.25, 0.3) is 0 Å². The van der Waals surface area contributed by atoms with Crippen LogP contribution in [0.4, 0.5) is 11.4 Å². The number of nitrogen functional groups attached to an aromatic ring is 1. The fourth-order valence-corrected chi connectivity index (χ4v) is 3.78. The van der Waals surface area contributed by atoms with Crippen LogP contribution >= 0.6 is 11.8 Å². The summed E-state index contributed by atoms with van der Waals surface area (Å²) in [5.74, 6) is -0.304. The molecule has 2 amide bonds. The standard InChI is InChI=1S/C18H18N2O2S/c1-11-6-7-12(2)15(8-11)20-17(21)10-16(18(20)22)23-14-5-3-4-13(19)9-14/h3-9,16H,10,19H2,1-2H3. The Hall–Kier alpha value is -2.27. The van der Waals surface area contributed by atoms with E-state index in [1.165, 1.54) is 16.7 Å². The van der Waals surface area contributed by atoms with Gasteiger partial charge >= 0.3 is 0 Å². The number of benzene rings is 2. The average molecular weight is 326 g/mol. The van der Waals surface area contributed by atoms with Crippen molar-refractivity contribution in [3.05, 3.63) is 53.6 Å². The minimum atomic E-state index is -0.399. The third-order valence-corrected chi connectivity index (χ3v) is 5.03. The van der Waals surface area contributed by atoms with Crippen LogP contribution in [0, 0.1) is 13.8 Å². The van der Waals surface area contributed by atoms with Crippen molar-refractivity contribution in [2.75, 3.05) is 10.6 Å². The third kappa shape index (κ3) is 3.10. The van der Waals surface area contributed by atoms with Gasteiger partial charge in [-0.1, -0.05) is 18.2 Å². The van der Waals surface area contributed by atoms with Crippen molar-refractivity contribution >= 4 is 35.0 Å². The lowest BCUT2D eigenvalue weighted by Crippen LogP contribution is -2.31. The summed E-state index contributed by atoms with van der Waals surface area (Å²) in [6.07, 6.45) is 0.214. The molecule has 0 aromatic heterocycles. The van der Waals surface area contributed by atoms with Gasteiger partial charge < -0.3 is 5.73 Å². The number of hydrogen-bond donors (Lipinski definition) is 1. The van der Waals surface area contributed by atoms with Crippen molar-refractivity contribution in [1.29, 1.82) is 0 Å². The molecule has 5 heteroatoms. The molecule has 1 unspecified atom stereocenters. The van der Waals surface area contributed by atoms with Crippen molar-refractivity contribution in [3.8, 4) is 0 Å². The van der Waals surface area contributed by atoms with Crippen LogP contribution in [0.3, 0.4) is 0 Å². The highest BCUT2D eigenvalue weighted by Crippen LogP contribution is 2.35. The molecule has 118 valence electrons. The van der Waals surface area contributed by atoms with E-state index < -0.39 is 5.25 Å². The summed E-state index contributed by atoms with van der Waals surface area (Å²) >= 11 is 1.39. The van der Waals surface area contributed by atoms with Gasteiger partial charge in [-0.15, -0.1) is 11.8 Å². The minimum absolute atomic E-state index is 0.148. The summed E-state index contributed by atoms with van der Waals surface area (Å²) < 4.78 is 0. The molecule has 2 aromatic rings. The summed E-state index contributed by atoms with van der Waals surface area (Å²) in [6, 6.07) is 13.2. The topological polar surface area (TPSA) is 63.4 Å². The van der Waals surface area contributed by atoms with E-state index in [9.17, 15) is 9.59 Å². The number of nitrogens with two attached hydrogens (primary N) is 1. The second kappa shape index (κ2) is 6.08. The van der Waals surface area contributed by atoms with Crippen LogP contribution in [0.25, 0.3) is 0 Å². The van der Waals surface area contributed by atoms with Gasteiger partial charge in [-0.2, -0.15) is 0 Å². The van der Waals surface area contributed by atoms with Gasteiger partial charge in [0, 0.05) is 17.0 Å². The first-order valence-corrected chi connectivity index (χ1v) is 8.30. The van der Waals surface area contributed by atoms with E-state index in [2.05, 4.69) is 0 Å². The molecule has 0 aliphatic carbocycles. The van der Waals surface area contributed by atoms with Crippen molar-refractivity contribution in [2.24, 2.45) is 0 Å². The van der Waals surface area contributed by atoms with Gasteiger partial charge in [0.2, 0.25) is 11.8 Å². The third-order valence-electron chi connectivity index (χ3n) is 3.85. The lowest BCUT2D eigenvalue weighted by molar-refractivity contribution is -0.121. The number of imide groups is 1. The first-order valence-electron chi connectivity index (χ1n) is 7.42. The summed E-state index contributed by atoms with van der Waals surface area (Å²) in [4.78, 5) is 27.3. The van der Waals surface area contributed by atoms with E-state index >= 15 is 0 Å². The van der Waals surface area contributed by atoms with Gasteiger partial charge in [-0.3, -0.25) is 9.59 Å². The number of aryl methyl sites for hydroxylation is 2. The number of rotatable bonds is 3. The largest absolute Gasteiger partial charge is 0.399 e. The maximum atomic E-state index is 12.7. The van der Waals surface area contributed by atoms with E-state index in [1.54, 1.807) is 6.07 Å². The van der Waals surface area contributed by atoms with Crippen molar-refractivity contribution in [1.82, 2.24) is 0 Å². The molecule has 0 radical (unpaired) electrons. The van der Waals surface area contributed by atoms with Gasteiger partial charge in [-0.05, 0) is 49.2 Å². The molecule has 1 saturated heterocycles. The molecule has 4 nitrogen and oxygen atoms in total. The highest BCUT2D eigenvalue weighted by molar-refractivity contribution is 8.00. The normalized spacial score (nSPS) is 17.8. The number of hydrogen-bond acceptors (Lipinski definition) is 4. The lowest BCUT2D eigenvalue weighted by Gasteiger charge is -2.18. The number of carbonyl (C=O) groups excluding carboxylic acids is 2. The monoisotopic (exact) mass is 326 g/mol. The molecule has 2 N–H and O–H groups in total. The highest BCUT2D eigenvalue weighted by Gasteiger charge is 2.40. The van der Waals surface area contributed by atoms with Crippen LogP contribution in [-0.4, -0.2) is 17.1 Å². The molecule has 0 saturated carbocycles. The highest BCUT2D eigenvalue weighted by atomic mass is 32.2. The molecule has 3 rings (SSSR count). The zero-order valence-electron chi connectivity index (χ0n) is 13.1. The predicted octanol–water partition coefficient (Wildman–Crippen LogP) is 3.31. The number of carbonyl (C=O) groups is 2. The van der Waals surface area contributed by atoms with Crippen LogP contribution in [0.5, 0.6) is 0 Å². The van der Waals surface area contributed by atoms with E-state index in [4.69, 9.17) is 5.73 Å². The Morgan fingerprint density at radius 3 is 2.65 bits per heavy atom. The Bertz CT molecular complexity index is 788. The minimum Gasteiger partial charge on any atom is -0.399 e. The molecule has 2 aromatic carbocycles. The van der Waals surface area contributed by atoms with Crippen LogP contribution in [0.1, 0.15) is 17.5 Å². The summed E-state index contributed by atoms with van der Waals surface area (Å²) in [5, 5.41) is -0.399. The SMILES string of the molecule is Cc1ccc(C)c(N2C(=O)CC(Sc3cccc(N)c3)C2=O)c1. The van der Waals surface area contributed by atoms with Crippen molar-refractivity contribution in [2.45, 2.75) is 30.4 Å². The fourth-order valence-electron chi connectivity index (χ4n) is 2.66. The molecule has 1 fully saturated rings. The molecule has 0 bridgehead atoms.